The summed E-state index contributed by atoms with van der Waals surface area (Å²) in [4.78, 5) is 174. The minimum atomic E-state index is -5.94. The topological polar surface area (TPSA) is 738 Å². The van der Waals surface area contributed by atoms with Gasteiger partial charge in [-0.1, -0.05) is 55.2 Å². The van der Waals surface area contributed by atoms with Gasteiger partial charge in [-0.15, -0.1) is 0 Å². The summed E-state index contributed by atoms with van der Waals surface area (Å²) in [6.07, 6.45) is -27.6. The highest BCUT2D eigenvalue weighted by Gasteiger charge is 2.59. The third-order valence-corrected chi connectivity index (χ3v) is 26.9. The van der Waals surface area contributed by atoms with Crippen molar-refractivity contribution in [1.82, 2.24) is 42.5 Å². The Labute approximate surface area is 743 Å². The summed E-state index contributed by atoms with van der Waals surface area (Å²) >= 11 is 14.6. The molecule has 50 heteroatoms. The lowest BCUT2D eigenvalue weighted by Crippen LogP contribution is -2.64. The number of phenolic OH excluding ortho intramolecular Hbond substituents is 3. The van der Waals surface area contributed by atoms with E-state index >= 15 is 28.8 Å². The van der Waals surface area contributed by atoms with E-state index in [1.165, 1.54) is 46.9 Å². The van der Waals surface area contributed by atoms with Crippen molar-refractivity contribution in [2.24, 2.45) is 23.1 Å². The molecule has 22 atom stereocenters. The number of aliphatic hydroxyl groups excluding tert-OH is 6. The average Bonchev–Trinajstić information content (AvgIpc) is 0.791. The SMILES string of the molecule is CN[C@H](CC(C)C)C(=O)N[C@H]1C(=O)N[C@@H](CC(N)=O)C(=O)N[C@H]2C(=O)N[C@H]3C(=O)N[C@H](C(=O)N[C@H](C(=O)OCOC(=O)NCCCC(O)(P(=O)(O)O)P(=O)(O)O)c4cc(O)cc(O)c4-c4cc3ccc4O)[C@H](O[C@H]3C[C@](C)(N)[C@@H](O)[C@H](C)O3)c3ccc(c(Cl)c3)Oc3cc2cc(c3O[C@@H]2O[C@H](CO)[C@@H](O)[C@H](O)[C@H]2O[C@H]2C[C@](C)(N)[C@@H](O)[C@H](C)O2)Oc2ccc(cc2Cl)[C@H]1O. The number of esters is 1. The van der Waals surface area contributed by atoms with Crippen molar-refractivity contribution in [3.8, 4) is 57.1 Å². The minimum absolute atomic E-state index is 0.151. The lowest BCUT2D eigenvalue weighted by Gasteiger charge is -2.47. The molecule has 8 heterocycles. The van der Waals surface area contributed by atoms with Crippen molar-refractivity contribution >= 4 is 91.8 Å². The number of rotatable bonds is 23. The van der Waals surface area contributed by atoms with E-state index in [0.717, 1.165) is 60.7 Å². The second kappa shape index (κ2) is 40.1. The lowest BCUT2D eigenvalue weighted by atomic mass is 9.86. The van der Waals surface area contributed by atoms with E-state index in [1.807, 2.05) is 5.32 Å². The first-order valence-corrected chi connectivity index (χ1v) is 44.1. The molecule has 0 aliphatic carbocycles. The zero-order valence-corrected chi connectivity index (χ0v) is 73.0. The lowest BCUT2D eigenvalue weighted by molar-refractivity contribution is -0.333. The monoisotopic (exact) mass is 1900 g/mol. The third-order valence-electron chi connectivity index (χ3n) is 22.4. The van der Waals surface area contributed by atoms with Gasteiger partial charge < -0.3 is 178 Å². The molecule has 706 valence electrons. The Bertz CT molecular complexity index is 5160. The molecule has 8 aliphatic rings. The maximum atomic E-state index is 16.6. The van der Waals surface area contributed by atoms with Crippen LogP contribution >= 0.6 is 38.4 Å². The number of amides is 8. The van der Waals surface area contributed by atoms with Crippen molar-refractivity contribution in [1.29, 1.82) is 0 Å². The predicted octanol–water partition coefficient (Wildman–Crippen LogP) is -0.732. The number of carbonyl (C=O) groups is 9. The number of carbonyl (C=O) groups excluding carboxylic acids is 9. The van der Waals surface area contributed by atoms with Crippen molar-refractivity contribution in [3.05, 3.63) is 117 Å². The second-order valence-corrected chi connectivity index (χ2v) is 37.6. The molecule has 3 fully saturated rings. The number of fused-ring (bicyclic) bond motifs is 15. The van der Waals surface area contributed by atoms with Crippen LogP contribution in [0.2, 0.25) is 10.0 Å². The fourth-order valence-corrected chi connectivity index (χ4v) is 18.2. The van der Waals surface area contributed by atoms with Crippen LogP contribution in [0.1, 0.15) is 138 Å². The van der Waals surface area contributed by atoms with Gasteiger partial charge in [0.15, 0.2) is 36.2 Å². The first kappa shape index (κ1) is 99.8. The molecule has 0 spiro atoms. The number of phenols is 3. The zero-order chi connectivity index (χ0) is 94.9. The number of hydrogen-bond donors (Lipinski definition) is 25. The van der Waals surface area contributed by atoms with Crippen molar-refractivity contribution in [2.45, 2.75) is 218 Å². The quantitative estimate of drug-likeness (QED) is 0.0166. The van der Waals surface area contributed by atoms with E-state index in [-0.39, 0.29) is 29.9 Å². The van der Waals surface area contributed by atoms with E-state index in [9.17, 15) is 94.2 Å². The van der Waals surface area contributed by atoms with Crippen LogP contribution in [0.25, 0.3) is 11.1 Å². The Kier molecular flexibility index (Phi) is 31.0. The summed E-state index contributed by atoms with van der Waals surface area (Å²) in [5.41, 5.74) is 12.5. The Hall–Kier alpha value is -9.79. The van der Waals surface area contributed by atoms with E-state index in [2.05, 4.69) is 37.2 Å². The number of ether oxygens (including phenoxy) is 10. The molecule has 129 heavy (non-hydrogen) atoms. The van der Waals surface area contributed by atoms with E-state index in [1.54, 1.807) is 13.8 Å². The summed E-state index contributed by atoms with van der Waals surface area (Å²) in [6.45, 7) is 6.14. The smallest absolute Gasteiger partial charge is 0.410 e. The molecule has 0 unspecified atom stereocenters. The van der Waals surface area contributed by atoms with Crippen LogP contribution < -0.4 is 73.9 Å². The van der Waals surface area contributed by atoms with Gasteiger partial charge in [0.25, 0.3) is 5.08 Å². The molecule has 5 aromatic carbocycles. The molecule has 8 amide bonds. The summed E-state index contributed by atoms with van der Waals surface area (Å²) in [5, 5.41) is 130. The van der Waals surface area contributed by atoms with Crippen LogP contribution in [0, 0.1) is 5.92 Å². The molecule has 13 rings (SSSR count). The Morgan fingerprint density at radius 2 is 1.23 bits per heavy atom. The van der Waals surface area contributed by atoms with E-state index in [0.29, 0.717) is 6.07 Å². The highest BCUT2D eigenvalue weighted by atomic mass is 35.5. The van der Waals surface area contributed by atoms with Crippen molar-refractivity contribution < 1.29 is 170 Å². The molecule has 3 saturated heterocycles. The van der Waals surface area contributed by atoms with Gasteiger partial charge in [-0.2, -0.15) is 0 Å². The fourth-order valence-electron chi connectivity index (χ4n) is 15.5. The standard InChI is InChI=1S/C79H101Cl2N11O35P2/c1-30(2)17-42(85-7)68(103)91-58-60(98)34-10-13-46(40(80)19-34)122-48-21-36-22-49(64(48)127-75-65(62(100)61(99)50(28-93)124-75)126-53-27-78(6,84)67(102)32(4)121-53)123-47-14-11-35(20-41(47)81)63(125-52-26-77(5,83)66(101)31(3)120-52)59-73(108)90-57(74(109)118-29-119-76(110)86-16-8-15-79(111,128(112,113)114)129(115,116)117)39-23-37(94)24-45(96)54(39)38-18-33(9-12-44(38)95)55(70(105)92-59)89-71(106)56(36)88-69(104)43(25-51(82)97)87-72(58)107/h9-14,18-24,30-32,42-43,50,52-53,55-63,65-67,75,85,93-96,98-102,111H,8,15-17,25-29,83-84H2,1-7H3,(H2,82,97)(H,86,110)(H,87,107)(H,88,104)(H,89,106)(H,90,108)(H,91,103)(H,92,105)(H2,112,113,114)(H2,115,116,117)/t31-,32-,42+,43-,50+,52-,53-,55+,56+,57-,58+,59-,60+,61+,62-,63+,65+,66-,67-,75-,77-,78-/m0/s1. The van der Waals surface area contributed by atoms with Crippen LogP contribution in [-0.4, -0.2) is 259 Å². The van der Waals surface area contributed by atoms with Crippen LogP contribution in [0.5, 0.6) is 46.0 Å². The predicted molar refractivity (Wildman–Crippen MR) is 442 cm³/mol. The molecule has 0 aromatic heterocycles. The Balaban J connectivity index is 1.14. The number of alkyl carbamates (subject to hydrolysis) is 1. The maximum absolute atomic E-state index is 16.6. The number of likely N-dealkylation sites (N-methyl/N-ethyl adjacent to an activating group) is 1. The molecule has 46 nitrogen and oxygen atoms in total. The van der Waals surface area contributed by atoms with Gasteiger partial charge in [0.1, 0.15) is 89.5 Å². The minimum Gasteiger partial charge on any atom is -0.508 e. The summed E-state index contributed by atoms with van der Waals surface area (Å²) in [7, 11) is -10.4. The number of nitrogens with one attached hydrogen (secondary N) is 8. The second-order valence-electron chi connectivity index (χ2n) is 32.8. The number of aliphatic hydroxyl groups is 7. The third kappa shape index (κ3) is 22.4. The molecule has 28 N–H and O–H groups in total. The zero-order valence-electron chi connectivity index (χ0n) is 69.7. The molecular weight excluding hydrogens is 1800 g/mol. The van der Waals surface area contributed by atoms with Crippen molar-refractivity contribution in [2.75, 3.05) is 27.0 Å². The van der Waals surface area contributed by atoms with Gasteiger partial charge in [-0.3, -0.25) is 42.7 Å². The summed E-state index contributed by atoms with van der Waals surface area (Å²) in [6, 6.07) is -2.04. The largest absolute Gasteiger partial charge is 0.508 e. The molecule has 5 aromatic rings. The highest BCUT2D eigenvalue weighted by Crippen LogP contribution is 2.69. The van der Waals surface area contributed by atoms with Crippen molar-refractivity contribution in [3.63, 3.8) is 0 Å². The number of aromatic hydroxyl groups is 3. The van der Waals surface area contributed by atoms with E-state index < -0.39 is 336 Å². The Morgan fingerprint density at radius 3 is 1.80 bits per heavy atom. The van der Waals surface area contributed by atoms with Gasteiger partial charge in [0.2, 0.25) is 60.2 Å². The highest BCUT2D eigenvalue weighted by molar-refractivity contribution is 7.72. The van der Waals surface area contributed by atoms with Crippen LogP contribution in [0.3, 0.4) is 0 Å². The van der Waals surface area contributed by atoms with Gasteiger partial charge in [-0.05, 0) is 130 Å². The summed E-state index contributed by atoms with van der Waals surface area (Å²) in [5.74, 6) is -17.2. The average molecular weight is 1900 g/mol. The van der Waals surface area contributed by atoms with Crippen LogP contribution in [-0.2, 0) is 80.6 Å². The van der Waals surface area contributed by atoms with Gasteiger partial charge >= 0.3 is 27.3 Å². The van der Waals surface area contributed by atoms with Gasteiger partial charge in [0.05, 0.1) is 53.5 Å². The summed E-state index contributed by atoms with van der Waals surface area (Å²) < 4.78 is 86.2. The Morgan fingerprint density at radius 1 is 0.667 bits per heavy atom. The molecular formula is C79H101Cl2N11O35P2. The molecule has 0 saturated carbocycles. The number of benzene rings is 5. The molecule has 11 bridgehead atoms. The normalized spacial score (nSPS) is 29.5. The fraction of sp³-hybridized carbons (Fsp3) is 0.506. The van der Waals surface area contributed by atoms with Gasteiger partial charge in [0, 0.05) is 59.6 Å². The molecule has 8 aliphatic heterocycles. The van der Waals surface area contributed by atoms with Crippen LogP contribution in [0.4, 0.5) is 4.79 Å². The number of hydrogen-bond acceptors (Lipinski definition) is 34. The number of nitrogens with two attached hydrogens (primary N) is 3. The number of primary amides is 1. The molecule has 0 radical (unpaired) electrons. The van der Waals surface area contributed by atoms with Crippen LogP contribution in [0.15, 0.2) is 78.9 Å². The van der Waals surface area contributed by atoms with Gasteiger partial charge in [-0.25, -0.2) is 9.59 Å². The number of halogens is 2. The first-order chi connectivity index (χ1) is 60.3. The van der Waals surface area contributed by atoms with E-state index in [4.69, 9.17) is 87.8 Å². The first-order valence-electron chi connectivity index (χ1n) is 40.1. The maximum Gasteiger partial charge on any atom is 0.410 e.